The Labute approximate surface area is 161 Å². The number of anilines is 1. The second-order valence-electron chi connectivity index (χ2n) is 6.98. The van der Waals surface area contributed by atoms with Crippen molar-refractivity contribution in [3.63, 3.8) is 0 Å². The predicted molar refractivity (Wildman–Crippen MR) is 105 cm³/mol. The van der Waals surface area contributed by atoms with Crippen LogP contribution in [0.15, 0.2) is 46.9 Å². The van der Waals surface area contributed by atoms with Crippen molar-refractivity contribution in [2.75, 3.05) is 18.0 Å². The number of nitrogens with zero attached hydrogens (tertiary/aromatic N) is 2. The van der Waals surface area contributed by atoms with Gasteiger partial charge in [-0.2, -0.15) is 0 Å². The maximum atomic E-state index is 13.0. The fraction of sp³-hybridized carbons (Fsp3) is 0.333. The van der Waals surface area contributed by atoms with Gasteiger partial charge in [0.25, 0.3) is 5.91 Å². The van der Waals surface area contributed by atoms with Gasteiger partial charge in [0.05, 0.1) is 0 Å². The van der Waals surface area contributed by atoms with E-state index in [1.54, 1.807) is 17.0 Å². The monoisotopic (exact) mass is 412 g/mol. The van der Waals surface area contributed by atoms with Gasteiger partial charge >= 0.3 is 0 Å². The molecule has 134 valence electrons. The SMILES string of the molecule is CC1C(=O)N(c2ccc3c(c2)CCC3)CCN1C(=O)c1ccc(Br)cc1. The van der Waals surface area contributed by atoms with E-state index in [4.69, 9.17) is 0 Å². The number of halogens is 1. The van der Waals surface area contributed by atoms with Crippen molar-refractivity contribution in [3.8, 4) is 0 Å². The Kier molecular flexibility index (Phi) is 4.57. The van der Waals surface area contributed by atoms with Crippen LogP contribution >= 0.6 is 15.9 Å². The highest BCUT2D eigenvalue weighted by Gasteiger charge is 2.35. The van der Waals surface area contributed by atoms with Crippen molar-refractivity contribution in [2.24, 2.45) is 0 Å². The van der Waals surface area contributed by atoms with Crippen molar-refractivity contribution in [1.29, 1.82) is 0 Å². The first-order valence-corrected chi connectivity index (χ1v) is 9.83. The van der Waals surface area contributed by atoms with Gasteiger partial charge in [0, 0.05) is 28.8 Å². The maximum Gasteiger partial charge on any atom is 0.254 e. The number of carbonyl (C=O) groups excluding carboxylic acids is 2. The average molecular weight is 413 g/mol. The lowest BCUT2D eigenvalue weighted by Gasteiger charge is -2.39. The van der Waals surface area contributed by atoms with E-state index < -0.39 is 6.04 Å². The summed E-state index contributed by atoms with van der Waals surface area (Å²) in [6.07, 6.45) is 3.42. The Morgan fingerprint density at radius 2 is 1.77 bits per heavy atom. The van der Waals surface area contributed by atoms with Gasteiger partial charge in [-0.05, 0) is 73.7 Å². The fourth-order valence-corrected chi connectivity index (χ4v) is 4.15. The summed E-state index contributed by atoms with van der Waals surface area (Å²) < 4.78 is 0.930. The fourth-order valence-electron chi connectivity index (χ4n) is 3.89. The second-order valence-corrected chi connectivity index (χ2v) is 7.89. The van der Waals surface area contributed by atoms with Crippen LogP contribution in [0.3, 0.4) is 0 Å². The van der Waals surface area contributed by atoms with Gasteiger partial charge in [-0.3, -0.25) is 9.59 Å². The molecule has 1 aliphatic carbocycles. The highest BCUT2D eigenvalue weighted by molar-refractivity contribution is 9.10. The van der Waals surface area contributed by atoms with Crippen LogP contribution in [0, 0.1) is 0 Å². The lowest BCUT2D eigenvalue weighted by Crippen LogP contribution is -2.57. The number of hydrogen-bond acceptors (Lipinski definition) is 2. The van der Waals surface area contributed by atoms with E-state index in [1.165, 1.54) is 17.5 Å². The molecule has 2 aromatic rings. The normalized spacial score (nSPS) is 19.6. The summed E-state index contributed by atoms with van der Waals surface area (Å²) in [5, 5.41) is 0. The smallest absolute Gasteiger partial charge is 0.254 e. The summed E-state index contributed by atoms with van der Waals surface area (Å²) >= 11 is 3.38. The molecule has 0 radical (unpaired) electrons. The number of carbonyl (C=O) groups is 2. The van der Waals surface area contributed by atoms with Gasteiger partial charge in [0.1, 0.15) is 6.04 Å². The molecule has 2 aliphatic rings. The van der Waals surface area contributed by atoms with Gasteiger partial charge in [-0.1, -0.05) is 22.0 Å². The third-order valence-electron chi connectivity index (χ3n) is 5.40. The van der Waals surface area contributed by atoms with Crippen LogP contribution in [0.2, 0.25) is 0 Å². The van der Waals surface area contributed by atoms with Gasteiger partial charge in [0.15, 0.2) is 0 Å². The Morgan fingerprint density at radius 1 is 1.04 bits per heavy atom. The topological polar surface area (TPSA) is 40.6 Å². The number of aryl methyl sites for hydroxylation is 2. The van der Waals surface area contributed by atoms with Crippen molar-refractivity contribution in [3.05, 3.63) is 63.6 Å². The van der Waals surface area contributed by atoms with Gasteiger partial charge in [-0.25, -0.2) is 0 Å². The molecule has 1 atom stereocenters. The first-order chi connectivity index (χ1) is 12.5. The van der Waals surface area contributed by atoms with Crippen LogP contribution < -0.4 is 4.90 Å². The zero-order chi connectivity index (χ0) is 18.3. The van der Waals surface area contributed by atoms with Crippen LogP contribution in [0.5, 0.6) is 0 Å². The molecule has 26 heavy (non-hydrogen) atoms. The molecular weight excluding hydrogens is 392 g/mol. The van der Waals surface area contributed by atoms with Crippen LogP contribution in [-0.2, 0) is 17.6 Å². The Hall–Kier alpha value is -2.14. The van der Waals surface area contributed by atoms with Crippen LogP contribution in [-0.4, -0.2) is 35.8 Å². The highest BCUT2D eigenvalue weighted by Crippen LogP contribution is 2.29. The predicted octanol–water partition coefficient (Wildman–Crippen LogP) is 3.82. The zero-order valence-electron chi connectivity index (χ0n) is 14.7. The summed E-state index contributed by atoms with van der Waals surface area (Å²) in [7, 11) is 0. The number of benzene rings is 2. The van der Waals surface area contributed by atoms with Gasteiger partial charge in [0.2, 0.25) is 5.91 Å². The maximum absolute atomic E-state index is 13.0. The first kappa shape index (κ1) is 17.3. The average Bonchev–Trinajstić information content (AvgIpc) is 3.12. The molecule has 0 bridgehead atoms. The number of fused-ring (bicyclic) bond motifs is 1. The molecule has 1 saturated heterocycles. The molecule has 4 nitrogen and oxygen atoms in total. The quantitative estimate of drug-likeness (QED) is 0.751. The molecule has 0 saturated carbocycles. The molecular formula is C21H21BrN2O2. The van der Waals surface area contributed by atoms with E-state index in [9.17, 15) is 9.59 Å². The Balaban J connectivity index is 1.53. The molecule has 0 N–H and O–H groups in total. The van der Waals surface area contributed by atoms with Crippen molar-refractivity contribution >= 4 is 33.4 Å². The largest absolute Gasteiger partial charge is 0.325 e. The summed E-state index contributed by atoms with van der Waals surface area (Å²) in [6, 6.07) is 13.1. The molecule has 1 unspecified atom stereocenters. The minimum atomic E-state index is -0.465. The Morgan fingerprint density at radius 3 is 2.54 bits per heavy atom. The molecule has 4 rings (SSSR count). The van der Waals surface area contributed by atoms with Crippen LogP contribution in [0.4, 0.5) is 5.69 Å². The van der Waals surface area contributed by atoms with E-state index in [0.29, 0.717) is 18.7 Å². The molecule has 2 amide bonds. The third kappa shape index (κ3) is 3.05. The minimum Gasteiger partial charge on any atom is -0.325 e. The zero-order valence-corrected chi connectivity index (χ0v) is 16.3. The summed E-state index contributed by atoms with van der Waals surface area (Å²) in [4.78, 5) is 29.3. The summed E-state index contributed by atoms with van der Waals surface area (Å²) in [6.45, 7) is 2.89. The lowest BCUT2D eigenvalue weighted by atomic mass is 10.1. The molecule has 1 fully saturated rings. The second kappa shape index (κ2) is 6.88. The van der Waals surface area contributed by atoms with Crippen molar-refractivity contribution < 1.29 is 9.59 Å². The van der Waals surface area contributed by atoms with E-state index in [2.05, 4.69) is 28.1 Å². The number of rotatable bonds is 2. The standard InChI is InChI=1S/C21H21BrN2O2/c1-14-20(25)24(19-10-7-15-3-2-4-17(15)13-19)12-11-23(14)21(26)16-5-8-18(22)9-6-16/h5-10,13-14H,2-4,11-12H2,1H3. The van der Waals surface area contributed by atoms with E-state index in [1.807, 2.05) is 30.0 Å². The van der Waals surface area contributed by atoms with Crippen molar-refractivity contribution in [1.82, 2.24) is 4.90 Å². The van der Waals surface area contributed by atoms with Crippen LogP contribution in [0.1, 0.15) is 34.8 Å². The lowest BCUT2D eigenvalue weighted by molar-refractivity contribution is -0.124. The van der Waals surface area contributed by atoms with Crippen LogP contribution in [0.25, 0.3) is 0 Å². The Bertz CT molecular complexity index is 863. The number of hydrogen-bond donors (Lipinski definition) is 0. The summed E-state index contributed by atoms with van der Waals surface area (Å²) in [5.41, 5.74) is 4.33. The molecule has 1 aliphatic heterocycles. The minimum absolute atomic E-state index is 0.0142. The van der Waals surface area contributed by atoms with E-state index in [0.717, 1.165) is 23.0 Å². The molecule has 0 spiro atoms. The first-order valence-electron chi connectivity index (χ1n) is 9.04. The molecule has 2 aromatic carbocycles. The van der Waals surface area contributed by atoms with E-state index in [-0.39, 0.29) is 11.8 Å². The third-order valence-corrected chi connectivity index (χ3v) is 5.93. The molecule has 1 heterocycles. The number of piperazine rings is 1. The van der Waals surface area contributed by atoms with E-state index >= 15 is 0 Å². The highest BCUT2D eigenvalue weighted by atomic mass is 79.9. The summed E-state index contributed by atoms with van der Waals surface area (Å²) in [5.74, 6) is -0.105. The van der Waals surface area contributed by atoms with Gasteiger partial charge in [-0.15, -0.1) is 0 Å². The van der Waals surface area contributed by atoms with Crippen molar-refractivity contribution in [2.45, 2.75) is 32.2 Å². The van der Waals surface area contributed by atoms with Gasteiger partial charge < -0.3 is 9.80 Å². The number of amides is 2. The molecule has 5 heteroatoms. The molecule has 0 aromatic heterocycles.